The lowest BCUT2D eigenvalue weighted by Crippen LogP contribution is -2.67. The van der Waals surface area contributed by atoms with E-state index in [2.05, 4.69) is 120 Å². The van der Waals surface area contributed by atoms with E-state index < -0.39 is 8.32 Å². The minimum Gasteiger partial charge on any atom is -0.405 e. The van der Waals surface area contributed by atoms with Gasteiger partial charge in [-0.25, -0.2) is 0 Å². The number of hydrogen-bond donors (Lipinski definition) is 0. The van der Waals surface area contributed by atoms with Crippen molar-refractivity contribution in [1.29, 1.82) is 0 Å². The summed E-state index contributed by atoms with van der Waals surface area (Å²) in [6.07, 6.45) is 17.3. The Kier molecular flexibility index (Phi) is 15.4. The number of ether oxygens (including phenoxy) is 4. The summed E-state index contributed by atoms with van der Waals surface area (Å²) in [7, 11) is -2.67. The SMILES string of the molecule is CCCC(C)C1CCC2C3CC=C4CC(OCCOCCOC(CCN5CCOCC5)CO[Si](c5ccccc5)(c5ccccc5)C(C)(C)C)CCC4(C)C3CCC12C. The lowest BCUT2D eigenvalue weighted by molar-refractivity contribution is -0.0708. The summed E-state index contributed by atoms with van der Waals surface area (Å²) >= 11 is 0. The van der Waals surface area contributed by atoms with E-state index in [1.807, 2.05) is 0 Å². The molecule has 328 valence electrons. The molecule has 6 nitrogen and oxygen atoms in total. The molecule has 5 aliphatic rings. The Hall–Kier alpha value is -1.84. The average molecular weight is 828 g/mol. The van der Waals surface area contributed by atoms with E-state index >= 15 is 0 Å². The van der Waals surface area contributed by atoms with Crippen LogP contribution in [0.25, 0.3) is 0 Å². The monoisotopic (exact) mass is 828 g/mol. The van der Waals surface area contributed by atoms with E-state index in [4.69, 9.17) is 23.4 Å². The van der Waals surface area contributed by atoms with E-state index in [0.29, 0.717) is 50.0 Å². The zero-order valence-electron chi connectivity index (χ0n) is 38.2. The maximum atomic E-state index is 7.35. The largest absolute Gasteiger partial charge is 0.405 e. The number of hydrogen-bond acceptors (Lipinski definition) is 6. The van der Waals surface area contributed by atoms with E-state index in [1.54, 1.807) is 5.57 Å². The average Bonchev–Trinajstić information content (AvgIpc) is 3.60. The maximum Gasteiger partial charge on any atom is 0.261 e. The van der Waals surface area contributed by atoms with Crippen LogP contribution in [0.1, 0.15) is 119 Å². The number of benzene rings is 2. The number of rotatable bonds is 19. The Bertz CT molecular complexity index is 1570. The van der Waals surface area contributed by atoms with Crippen molar-refractivity contribution in [3.63, 3.8) is 0 Å². The van der Waals surface area contributed by atoms with Gasteiger partial charge in [0.15, 0.2) is 0 Å². The molecule has 2 aromatic carbocycles. The molecule has 0 N–H and O–H groups in total. The zero-order chi connectivity index (χ0) is 41.5. The first-order valence-corrected chi connectivity index (χ1v) is 26.0. The predicted molar refractivity (Wildman–Crippen MR) is 245 cm³/mol. The van der Waals surface area contributed by atoms with E-state index in [9.17, 15) is 0 Å². The normalized spacial score (nSPS) is 31.2. The molecule has 1 saturated heterocycles. The van der Waals surface area contributed by atoms with Crippen LogP contribution in [-0.2, 0) is 23.4 Å². The molecular formula is C52H81NO5Si. The van der Waals surface area contributed by atoms with Crippen molar-refractivity contribution in [2.75, 3.05) is 65.9 Å². The zero-order valence-corrected chi connectivity index (χ0v) is 39.2. The quantitative estimate of drug-likeness (QED) is 0.0799. The van der Waals surface area contributed by atoms with Gasteiger partial charge in [0.25, 0.3) is 8.32 Å². The molecule has 9 unspecified atom stereocenters. The minimum atomic E-state index is -2.67. The number of fused-ring (bicyclic) bond motifs is 5. The van der Waals surface area contributed by atoms with Crippen LogP contribution in [0, 0.1) is 40.4 Å². The lowest BCUT2D eigenvalue weighted by Gasteiger charge is -2.58. The van der Waals surface area contributed by atoms with Gasteiger partial charge in [0, 0.05) is 19.6 Å². The van der Waals surface area contributed by atoms with Gasteiger partial charge in [0.2, 0.25) is 0 Å². The van der Waals surface area contributed by atoms with Crippen LogP contribution in [0.15, 0.2) is 72.3 Å². The van der Waals surface area contributed by atoms with E-state index in [-0.39, 0.29) is 11.1 Å². The van der Waals surface area contributed by atoms with Gasteiger partial charge in [-0.1, -0.05) is 134 Å². The first kappa shape index (κ1) is 45.2. The van der Waals surface area contributed by atoms with E-state index in [0.717, 1.165) is 75.3 Å². The Labute approximate surface area is 360 Å². The summed E-state index contributed by atoms with van der Waals surface area (Å²) < 4.78 is 32.4. The van der Waals surface area contributed by atoms with Gasteiger partial charge in [-0.15, -0.1) is 0 Å². The van der Waals surface area contributed by atoms with Crippen LogP contribution in [0.3, 0.4) is 0 Å². The van der Waals surface area contributed by atoms with Crippen molar-refractivity contribution in [2.24, 2.45) is 40.4 Å². The molecule has 2 aromatic rings. The molecule has 0 radical (unpaired) electrons. The van der Waals surface area contributed by atoms with Gasteiger partial charge in [0.1, 0.15) is 0 Å². The third-order valence-electron chi connectivity index (χ3n) is 16.5. The summed E-state index contributed by atoms with van der Waals surface area (Å²) in [5.74, 6) is 4.47. The second-order valence-corrected chi connectivity index (χ2v) is 25.1. The topological polar surface area (TPSA) is 49.4 Å². The summed E-state index contributed by atoms with van der Waals surface area (Å²) in [6.45, 7) is 24.8. The molecule has 1 aliphatic heterocycles. The first-order valence-electron chi connectivity index (χ1n) is 24.0. The van der Waals surface area contributed by atoms with Crippen molar-refractivity contribution in [1.82, 2.24) is 4.90 Å². The first-order chi connectivity index (χ1) is 28.5. The molecule has 1 heterocycles. The highest BCUT2D eigenvalue weighted by Gasteiger charge is 2.59. The summed E-state index contributed by atoms with van der Waals surface area (Å²) in [6, 6.07) is 21.9. The predicted octanol–water partition coefficient (Wildman–Crippen LogP) is 10.1. The highest BCUT2D eigenvalue weighted by atomic mass is 28.4. The van der Waals surface area contributed by atoms with Crippen LogP contribution in [0.2, 0.25) is 5.04 Å². The van der Waals surface area contributed by atoms with Crippen LogP contribution in [0.5, 0.6) is 0 Å². The molecule has 0 amide bonds. The molecule has 4 aliphatic carbocycles. The Morgan fingerprint density at radius 2 is 1.53 bits per heavy atom. The molecule has 0 bridgehead atoms. The van der Waals surface area contributed by atoms with Gasteiger partial charge in [-0.3, -0.25) is 4.90 Å². The van der Waals surface area contributed by atoms with Crippen molar-refractivity contribution in [3.05, 3.63) is 72.3 Å². The minimum absolute atomic E-state index is 0.0307. The summed E-state index contributed by atoms with van der Waals surface area (Å²) in [4.78, 5) is 2.50. The van der Waals surface area contributed by atoms with E-state index in [1.165, 1.54) is 68.2 Å². The van der Waals surface area contributed by atoms with Crippen LogP contribution in [0.4, 0.5) is 0 Å². The molecule has 7 heteroatoms. The Balaban J connectivity index is 0.895. The van der Waals surface area contributed by atoms with Crippen molar-refractivity contribution in [3.8, 4) is 0 Å². The summed E-state index contributed by atoms with van der Waals surface area (Å²) in [5.41, 5.74) is 2.64. The highest BCUT2D eigenvalue weighted by Crippen LogP contribution is 2.67. The fourth-order valence-electron chi connectivity index (χ4n) is 13.4. The second-order valence-electron chi connectivity index (χ2n) is 20.8. The third kappa shape index (κ3) is 9.87. The van der Waals surface area contributed by atoms with Crippen molar-refractivity contribution < 1.29 is 23.4 Å². The van der Waals surface area contributed by atoms with Gasteiger partial charge in [-0.2, -0.15) is 0 Å². The molecule has 0 aromatic heterocycles. The van der Waals surface area contributed by atoms with Crippen molar-refractivity contribution in [2.45, 2.75) is 136 Å². The molecule has 59 heavy (non-hydrogen) atoms. The van der Waals surface area contributed by atoms with Gasteiger partial charge < -0.3 is 23.4 Å². The fraction of sp³-hybridized carbons (Fsp3) is 0.731. The standard InChI is InChI=1S/C52H81NO5Si/c1-8-15-40(2)47-22-23-48-46-21-20-41-38-42(24-27-51(41,6)49(46)25-28-52(47,48)7)56-36-34-55-35-37-57-43(26-29-53-30-32-54-33-31-53)39-58-59(50(3,4)5,44-16-11-9-12-17-44)45-18-13-10-14-19-45/h9-14,16-20,40,42-43,46-49H,8,15,21-39H2,1-7H3. The Morgan fingerprint density at radius 3 is 2.20 bits per heavy atom. The molecule has 9 atom stereocenters. The number of nitrogens with zero attached hydrogens (tertiary/aromatic N) is 1. The van der Waals surface area contributed by atoms with Crippen molar-refractivity contribution >= 4 is 18.7 Å². The molecule has 7 rings (SSSR count). The van der Waals surface area contributed by atoms with Gasteiger partial charge in [-0.05, 0) is 114 Å². The molecule has 4 fully saturated rings. The van der Waals surface area contributed by atoms with Crippen LogP contribution < -0.4 is 10.4 Å². The number of morpholine rings is 1. The molecule has 3 saturated carbocycles. The van der Waals surface area contributed by atoms with Gasteiger partial charge >= 0.3 is 0 Å². The maximum absolute atomic E-state index is 7.35. The molecular weight excluding hydrogens is 747 g/mol. The van der Waals surface area contributed by atoms with Crippen LogP contribution in [-0.4, -0.2) is 91.3 Å². The number of allylic oxidation sites excluding steroid dienone is 1. The fourth-order valence-corrected chi connectivity index (χ4v) is 18.0. The summed E-state index contributed by atoms with van der Waals surface area (Å²) in [5, 5.41) is 2.53. The Morgan fingerprint density at radius 1 is 0.831 bits per heavy atom. The highest BCUT2D eigenvalue weighted by molar-refractivity contribution is 6.99. The lowest BCUT2D eigenvalue weighted by atomic mass is 9.47. The van der Waals surface area contributed by atoms with Gasteiger partial charge in [0.05, 0.1) is 58.5 Å². The second kappa shape index (κ2) is 20.1. The molecule has 0 spiro atoms. The third-order valence-corrected chi connectivity index (χ3v) is 21.5. The van der Waals surface area contributed by atoms with Crippen LogP contribution >= 0.6 is 0 Å². The smallest absolute Gasteiger partial charge is 0.261 e.